The van der Waals surface area contributed by atoms with Crippen molar-refractivity contribution in [1.29, 1.82) is 0 Å². The van der Waals surface area contributed by atoms with Crippen LogP contribution in [-0.2, 0) is 32.2 Å². The summed E-state index contributed by atoms with van der Waals surface area (Å²) in [6.07, 6.45) is 6.72. The number of ether oxygens (including phenoxy) is 9. The molecule has 4 aromatic carbocycles. The molecule has 0 spiro atoms. The van der Waals surface area contributed by atoms with Crippen molar-refractivity contribution in [3.63, 3.8) is 0 Å². The Morgan fingerprint density at radius 3 is 2.37 bits per heavy atom. The van der Waals surface area contributed by atoms with Crippen molar-refractivity contribution in [2.45, 2.75) is 102 Å². The molecule has 0 radical (unpaired) electrons. The quantitative estimate of drug-likeness (QED) is 0.0341. The standard InChI is InChI=1S/C58H71N3O14/c1-7-27-72-58-52(61(35-39-19-23-49-51(30-39)71-37-70-49)56(65)69-29-28-68-36-38-15-9-8-10-16-38)34-47(60-75-57(2,3)4)44-31-40(17-11-13-25-62)43(18-12-14-26-63)53(54(44)58)45-32-42(21-24-48(45)74-58)73-55(64)59-46-22-20-41(66-5)33-50(46)67-6/h7-10,15-16,19-24,30-33,40,43,52-54,62-63H,1,11-14,17-18,25-29,34-37H2,2-6H3,(H,59,64). The number of carbonyl (C=O) groups is 2. The highest BCUT2D eigenvalue weighted by atomic mass is 16.7. The van der Waals surface area contributed by atoms with Gasteiger partial charge in [-0.05, 0) is 117 Å². The summed E-state index contributed by atoms with van der Waals surface area (Å²) >= 11 is 0. The van der Waals surface area contributed by atoms with E-state index < -0.39 is 41.5 Å². The van der Waals surface area contributed by atoms with E-state index in [1.54, 1.807) is 48.4 Å². The molecule has 4 aliphatic rings. The summed E-state index contributed by atoms with van der Waals surface area (Å²) in [5.41, 5.74) is 3.61. The lowest BCUT2D eigenvalue weighted by atomic mass is 9.55. The number of rotatable bonds is 24. The molecule has 3 N–H and O–H groups in total. The summed E-state index contributed by atoms with van der Waals surface area (Å²) < 4.78 is 55.2. The first-order chi connectivity index (χ1) is 36.4. The van der Waals surface area contributed by atoms with Crippen LogP contribution in [0.5, 0.6) is 34.5 Å². The number of aliphatic hydroxyl groups excluding tert-OH is 2. The van der Waals surface area contributed by atoms with E-state index in [-0.39, 0.29) is 70.4 Å². The largest absolute Gasteiger partial charge is 0.497 e. The van der Waals surface area contributed by atoms with Crippen molar-refractivity contribution in [3.05, 3.63) is 126 Å². The lowest BCUT2D eigenvalue weighted by Gasteiger charge is -2.60. The lowest BCUT2D eigenvalue weighted by molar-refractivity contribution is -0.256. The summed E-state index contributed by atoms with van der Waals surface area (Å²) in [5, 5.41) is 27.9. The van der Waals surface area contributed by atoms with Crippen LogP contribution in [0.15, 0.2) is 114 Å². The highest BCUT2D eigenvalue weighted by Crippen LogP contribution is 2.62. The van der Waals surface area contributed by atoms with Gasteiger partial charge in [-0.2, -0.15) is 0 Å². The Morgan fingerprint density at radius 2 is 1.63 bits per heavy atom. The van der Waals surface area contributed by atoms with Crippen molar-refractivity contribution < 1.29 is 67.3 Å². The van der Waals surface area contributed by atoms with Crippen LogP contribution in [0, 0.1) is 17.8 Å². The van der Waals surface area contributed by atoms with Gasteiger partial charge in [-0.3, -0.25) is 10.2 Å². The molecule has 17 heteroatoms. The molecule has 2 amide bonds. The van der Waals surface area contributed by atoms with E-state index >= 15 is 4.79 Å². The highest BCUT2D eigenvalue weighted by molar-refractivity contribution is 6.03. The van der Waals surface area contributed by atoms with Crippen LogP contribution in [0.4, 0.5) is 15.3 Å². The van der Waals surface area contributed by atoms with Crippen LogP contribution in [0.1, 0.15) is 88.3 Å². The molecule has 6 unspecified atom stereocenters. The topological polar surface area (TPSA) is 195 Å². The average Bonchev–Trinajstić information content (AvgIpc) is 3.89. The number of hydrogen-bond acceptors (Lipinski definition) is 15. The maximum atomic E-state index is 15.2. The molecule has 1 saturated carbocycles. The Kier molecular flexibility index (Phi) is 18.3. The highest BCUT2D eigenvalue weighted by Gasteiger charge is 2.66. The summed E-state index contributed by atoms with van der Waals surface area (Å²) in [6, 6.07) is 24.7. The second-order valence-corrected chi connectivity index (χ2v) is 20.0. The van der Waals surface area contributed by atoms with Gasteiger partial charge in [0.05, 0.1) is 51.4 Å². The number of hydrogen-bond donors (Lipinski definition) is 3. The van der Waals surface area contributed by atoms with Gasteiger partial charge in [0.1, 0.15) is 41.2 Å². The van der Waals surface area contributed by atoms with Gasteiger partial charge in [0.25, 0.3) is 0 Å². The van der Waals surface area contributed by atoms with Crippen molar-refractivity contribution in [2.75, 3.05) is 59.4 Å². The molecule has 6 atom stereocenters. The number of aliphatic hydroxyl groups is 2. The second kappa shape index (κ2) is 25.2. The van der Waals surface area contributed by atoms with Crippen LogP contribution in [-0.4, -0.2) is 104 Å². The van der Waals surface area contributed by atoms with Gasteiger partial charge >= 0.3 is 12.2 Å². The number of allylic oxidation sites excluding steroid dienone is 1. The van der Waals surface area contributed by atoms with Gasteiger partial charge in [0.15, 0.2) is 11.5 Å². The van der Waals surface area contributed by atoms with Crippen molar-refractivity contribution in [3.8, 4) is 34.5 Å². The van der Waals surface area contributed by atoms with E-state index in [0.29, 0.717) is 72.4 Å². The normalized spacial score (nSPS) is 21.7. The second-order valence-electron chi connectivity index (χ2n) is 20.0. The van der Waals surface area contributed by atoms with Crippen LogP contribution in [0.3, 0.4) is 0 Å². The minimum absolute atomic E-state index is 0.0203. The van der Waals surface area contributed by atoms with E-state index in [0.717, 1.165) is 35.1 Å². The zero-order valence-corrected chi connectivity index (χ0v) is 43.6. The minimum Gasteiger partial charge on any atom is -0.497 e. The maximum Gasteiger partial charge on any atom is 0.417 e. The number of carbonyl (C=O) groups excluding carboxylic acids is 2. The predicted octanol–water partition coefficient (Wildman–Crippen LogP) is 10.3. The van der Waals surface area contributed by atoms with Gasteiger partial charge < -0.3 is 57.7 Å². The first kappa shape index (κ1) is 54.5. The Morgan fingerprint density at radius 1 is 0.867 bits per heavy atom. The molecule has 4 aromatic rings. The van der Waals surface area contributed by atoms with Crippen LogP contribution >= 0.6 is 0 Å². The van der Waals surface area contributed by atoms with Gasteiger partial charge in [0, 0.05) is 43.7 Å². The zero-order chi connectivity index (χ0) is 53.0. The number of oxime groups is 1. The summed E-state index contributed by atoms with van der Waals surface area (Å²) in [6.45, 7) is 10.5. The Hall–Kier alpha value is -6.79. The number of amides is 2. The molecular weight excluding hydrogens is 963 g/mol. The molecule has 2 aliphatic heterocycles. The van der Waals surface area contributed by atoms with Crippen molar-refractivity contribution >= 4 is 23.6 Å². The number of nitrogens with one attached hydrogen (secondary N) is 1. The van der Waals surface area contributed by atoms with Gasteiger partial charge in [-0.15, -0.1) is 6.58 Å². The number of fused-ring (bicyclic) bond motifs is 3. The third-order valence-corrected chi connectivity index (χ3v) is 13.9. The molecular formula is C58H71N3O14. The first-order valence-corrected chi connectivity index (χ1v) is 25.8. The number of methoxy groups -OCH3 is 2. The van der Waals surface area contributed by atoms with E-state index in [9.17, 15) is 15.0 Å². The monoisotopic (exact) mass is 1030 g/mol. The zero-order valence-electron chi connectivity index (χ0n) is 43.6. The fourth-order valence-electron chi connectivity index (χ4n) is 10.6. The number of anilines is 1. The van der Waals surface area contributed by atoms with Gasteiger partial charge in [-0.1, -0.05) is 66.5 Å². The molecule has 0 aromatic heterocycles. The Balaban J connectivity index is 1.26. The summed E-state index contributed by atoms with van der Waals surface area (Å²) in [5.74, 6) is -0.0508. The van der Waals surface area contributed by atoms with Crippen LogP contribution < -0.4 is 33.7 Å². The van der Waals surface area contributed by atoms with Crippen molar-refractivity contribution in [2.24, 2.45) is 22.9 Å². The van der Waals surface area contributed by atoms with Gasteiger partial charge in [0.2, 0.25) is 12.6 Å². The van der Waals surface area contributed by atoms with E-state index in [4.69, 9.17) is 52.6 Å². The van der Waals surface area contributed by atoms with Crippen LogP contribution in [0.25, 0.3) is 0 Å². The Labute approximate surface area is 439 Å². The molecule has 75 heavy (non-hydrogen) atoms. The van der Waals surface area contributed by atoms with Gasteiger partial charge in [-0.25, -0.2) is 9.59 Å². The average molecular weight is 1030 g/mol. The minimum atomic E-state index is -1.62. The predicted molar refractivity (Wildman–Crippen MR) is 281 cm³/mol. The van der Waals surface area contributed by atoms with E-state index in [1.165, 1.54) is 7.11 Å². The third-order valence-electron chi connectivity index (χ3n) is 13.9. The van der Waals surface area contributed by atoms with E-state index in [2.05, 4.69) is 18.0 Å². The lowest BCUT2D eigenvalue weighted by Crippen LogP contribution is -2.70. The van der Waals surface area contributed by atoms with E-state index in [1.807, 2.05) is 75.4 Å². The molecule has 2 aliphatic carbocycles. The molecule has 2 heterocycles. The van der Waals surface area contributed by atoms with Crippen molar-refractivity contribution in [1.82, 2.24) is 4.90 Å². The molecule has 17 nitrogen and oxygen atoms in total. The maximum absolute atomic E-state index is 15.2. The fraction of sp³-hybridized carbons (Fsp3) is 0.466. The number of nitrogens with zero attached hydrogens (tertiary/aromatic N) is 2. The summed E-state index contributed by atoms with van der Waals surface area (Å²) in [4.78, 5) is 36.9. The van der Waals surface area contributed by atoms with Crippen LogP contribution in [0.2, 0.25) is 0 Å². The smallest absolute Gasteiger partial charge is 0.417 e. The SMILES string of the molecule is C=CCOC12Oc3ccc(OC(=O)Nc4ccc(OC)cc4OC)cc3C3C(CCCCO)C(CCCCO)C=C(C(=NOC(C)(C)C)CC1N(Cc1ccc4c(c1)OCO4)C(=O)OCCOCc1ccccc1)C32. The molecule has 8 rings (SSSR count). The molecule has 402 valence electrons. The molecule has 0 bridgehead atoms. The molecule has 0 saturated heterocycles. The number of unbranched alkanes of at least 4 members (excludes halogenated alkanes) is 2. The number of benzene rings is 4. The Bertz CT molecular complexity index is 2650. The first-order valence-electron chi connectivity index (χ1n) is 25.8. The molecule has 1 fully saturated rings. The third kappa shape index (κ3) is 13.0. The fourth-order valence-corrected chi connectivity index (χ4v) is 10.6. The summed E-state index contributed by atoms with van der Waals surface area (Å²) in [7, 11) is 3.04.